The summed E-state index contributed by atoms with van der Waals surface area (Å²) in [6.45, 7) is 3.67. The fourth-order valence-corrected chi connectivity index (χ4v) is 2.32. The number of benzene rings is 1. The predicted octanol–water partition coefficient (Wildman–Crippen LogP) is 3.46. The first kappa shape index (κ1) is 17.2. The molecular weight excluding hydrogens is 309 g/mol. The van der Waals surface area contributed by atoms with Crippen LogP contribution in [-0.4, -0.2) is 21.4 Å². The maximum absolute atomic E-state index is 12.2. The number of aromatic nitrogens is 2. The van der Waals surface area contributed by atoms with Crippen LogP contribution in [0, 0.1) is 5.92 Å². The Morgan fingerprint density at radius 2 is 1.65 bits per heavy atom. The Hall–Kier alpha value is -2.15. The van der Waals surface area contributed by atoms with E-state index in [9.17, 15) is 18.3 Å². The van der Waals surface area contributed by atoms with Gasteiger partial charge in [-0.15, -0.1) is 13.2 Å². The molecule has 0 aliphatic heterocycles. The molecule has 0 saturated carbocycles. The van der Waals surface area contributed by atoms with Crippen molar-refractivity contribution in [2.24, 2.45) is 5.92 Å². The van der Waals surface area contributed by atoms with Gasteiger partial charge in [0.25, 0.3) is 0 Å². The van der Waals surface area contributed by atoms with Gasteiger partial charge in [0, 0.05) is 18.8 Å². The van der Waals surface area contributed by atoms with Gasteiger partial charge in [-0.25, -0.2) is 9.97 Å². The molecule has 2 aromatic rings. The first-order valence-electron chi connectivity index (χ1n) is 7.03. The lowest BCUT2D eigenvalue weighted by Gasteiger charge is -2.33. The Kier molecular flexibility index (Phi) is 4.89. The largest absolute Gasteiger partial charge is 0.573 e. The van der Waals surface area contributed by atoms with Crippen molar-refractivity contribution in [1.29, 1.82) is 0 Å². The predicted molar refractivity (Wildman–Crippen MR) is 77.6 cm³/mol. The highest BCUT2D eigenvalue weighted by Crippen LogP contribution is 2.34. The lowest BCUT2D eigenvalue weighted by molar-refractivity contribution is -0.274. The highest BCUT2D eigenvalue weighted by atomic mass is 19.4. The van der Waals surface area contributed by atoms with Crippen molar-refractivity contribution in [3.63, 3.8) is 0 Å². The van der Waals surface area contributed by atoms with E-state index in [-0.39, 0.29) is 18.1 Å². The summed E-state index contributed by atoms with van der Waals surface area (Å²) in [7, 11) is 0. The molecule has 7 heteroatoms. The van der Waals surface area contributed by atoms with Crippen LogP contribution < -0.4 is 4.74 Å². The molecule has 1 aromatic heterocycles. The van der Waals surface area contributed by atoms with Crippen LogP contribution in [0.2, 0.25) is 0 Å². The number of nitrogens with zero attached hydrogens (tertiary/aromatic N) is 2. The van der Waals surface area contributed by atoms with Crippen molar-refractivity contribution < 1.29 is 23.0 Å². The van der Waals surface area contributed by atoms with Crippen LogP contribution in [0.5, 0.6) is 5.75 Å². The van der Waals surface area contributed by atoms with Crippen molar-refractivity contribution in [1.82, 2.24) is 9.97 Å². The topological polar surface area (TPSA) is 55.2 Å². The van der Waals surface area contributed by atoms with Gasteiger partial charge >= 0.3 is 6.36 Å². The molecule has 1 atom stereocenters. The van der Waals surface area contributed by atoms with E-state index in [1.165, 1.54) is 30.6 Å². The summed E-state index contributed by atoms with van der Waals surface area (Å²) in [6, 6.07) is 5.26. The zero-order valence-electron chi connectivity index (χ0n) is 12.7. The first-order chi connectivity index (χ1) is 10.7. The van der Waals surface area contributed by atoms with Crippen LogP contribution in [0.4, 0.5) is 13.2 Å². The summed E-state index contributed by atoms with van der Waals surface area (Å²) in [4.78, 5) is 7.82. The summed E-state index contributed by atoms with van der Waals surface area (Å²) in [5.74, 6) is -0.493. The van der Waals surface area contributed by atoms with E-state index in [1.54, 1.807) is 12.4 Å². The average molecular weight is 326 g/mol. The van der Waals surface area contributed by atoms with Crippen LogP contribution in [-0.2, 0) is 12.0 Å². The Labute approximate surface area is 132 Å². The van der Waals surface area contributed by atoms with E-state index in [1.807, 2.05) is 13.8 Å². The second kappa shape index (κ2) is 6.54. The van der Waals surface area contributed by atoms with Gasteiger partial charge in [0.1, 0.15) is 12.1 Å². The van der Waals surface area contributed by atoms with E-state index in [0.717, 1.165) is 5.56 Å². The molecule has 1 aromatic carbocycles. The van der Waals surface area contributed by atoms with Crippen molar-refractivity contribution in [2.75, 3.05) is 0 Å². The summed E-state index contributed by atoms with van der Waals surface area (Å²) in [5.41, 5.74) is -0.00761. The molecule has 2 rings (SSSR count). The zero-order valence-corrected chi connectivity index (χ0v) is 12.7. The molecule has 1 unspecified atom stereocenters. The summed E-state index contributed by atoms with van der Waals surface area (Å²) < 4.78 is 40.5. The molecule has 1 heterocycles. The number of hydrogen-bond acceptors (Lipinski definition) is 4. The molecule has 0 aliphatic carbocycles. The zero-order chi connectivity index (χ0) is 17.1. The summed E-state index contributed by atoms with van der Waals surface area (Å²) in [6.07, 6.45) is 0.104. The standard InChI is InChI=1S/C16H17F3N2O2/c1-11(2)15(22,7-12-8-20-10-21-9-12)13-3-5-14(6-4-13)23-16(17,18)19/h3-6,8-11,22H,7H2,1-2H3. The molecule has 4 nitrogen and oxygen atoms in total. The minimum Gasteiger partial charge on any atom is -0.406 e. The third-order valence-corrected chi connectivity index (χ3v) is 3.63. The minimum absolute atomic E-state index is 0.169. The first-order valence-corrected chi connectivity index (χ1v) is 7.03. The second-order valence-corrected chi connectivity index (χ2v) is 5.57. The molecule has 0 spiro atoms. The van der Waals surface area contributed by atoms with E-state index in [2.05, 4.69) is 14.7 Å². The van der Waals surface area contributed by atoms with Crippen LogP contribution in [0.3, 0.4) is 0 Å². The maximum atomic E-state index is 12.2. The van der Waals surface area contributed by atoms with Gasteiger partial charge < -0.3 is 9.84 Å². The molecule has 0 saturated heterocycles. The van der Waals surface area contributed by atoms with Crippen molar-refractivity contribution in [3.8, 4) is 5.75 Å². The van der Waals surface area contributed by atoms with Crippen LogP contribution >= 0.6 is 0 Å². The van der Waals surface area contributed by atoms with Gasteiger partial charge in [-0.1, -0.05) is 26.0 Å². The summed E-state index contributed by atoms with van der Waals surface area (Å²) in [5, 5.41) is 11.0. The minimum atomic E-state index is -4.74. The fourth-order valence-electron chi connectivity index (χ4n) is 2.32. The third kappa shape index (κ3) is 4.41. The van der Waals surface area contributed by atoms with E-state index >= 15 is 0 Å². The van der Waals surface area contributed by atoms with E-state index in [0.29, 0.717) is 5.56 Å². The second-order valence-electron chi connectivity index (χ2n) is 5.57. The fraction of sp³-hybridized carbons (Fsp3) is 0.375. The molecule has 1 N–H and O–H groups in total. The molecule has 0 aliphatic rings. The number of hydrogen-bond donors (Lipinski definition) is 1. The average Bonchev–Trinajstić information content (AvgIpc) is 2.47. The summed E-state index contributed by atoms with van der Waals surface area (Å²) >= 11 is 0. The Morgan fingerprint density at radius 3 is 2.13 bits per heavy atom. The van der Waals surface area contributed by atoms with Crippen LogP contribution in [0.15, 0.2) is 43.0 Å². The van der Waals surface area contributed by atoms with Gasteiger partial charge in [-0.05, 0) is 29.2 Å². The lowest BCUT2D eigenvalue weighted by atomic mass is 9.79. The van der Waals surface area contributed by atoms with Crippen molar-refractivity contribution in [3.05, 3.63) is 54.1 Å². The van der Waals surface area contributed by atoms with Gasteiger partial charge in [0.05, 0.1) is 5.60 Å². The maximum Gasteiger partial charge on any atom is 0.573 e. The molecular formula is C16H17F3N2O2. The van der Waals surface area contributed by atoms with Crippen molar-refractivity contribution in [2.45, 2.75) is 32.2 Å². The smallest absolute Gasteiger partial charge is 0.406 e. The molecule has 0 amide bonds. The number of aliphatic hydroxyl groups is 1. The molecule has 0 bridgehead atoms. The number of ether oxygens (including phenoxy) is 1. The number of rotatable bonds is 5. The van der Waals surface area contributed by atoms with Gasteiger partial charge in [0.15, 0.2) is 0 Å². The van der Waals surface area contributed by atoms with E-state index in [4.69, 9.17) is 0 Å². The molecule has 0 fully saturated rings. The van der Waals surface area contributed by atoms with Crippen molar-refractivity contribution >= 4 is 0 Å². The Morgan fingerprint density at radius 1 is 1.09 bits per heavy atom. The number of halogens is 3. The van der Waals surface area contributed by atoms with Gasteiger partial charge in [-0.2, -0.15) is 0 Å². The molecule has 0 radical (unpaired) electrons. The Balaban J connectivity index is 2.27. The number of alkyl halides is 3. The van der Waals surface area contributed by atoms with Crippen LogP contribution in [0.25, 0.3) is 0 Å². The molecule has 23 heavy (non-hydrogen) atoms. The quantitative estimate of drug-likeness (QED) is 0.914. The van der Waals surface area contributed by atoms with Crippen LogP contribution in [0.1, 0.15) is 25.0 Å². The van der Waals surface area contributed by atoms with E-state index < -0.39 is 12.0 Å². The highest BCUT2D eigenvalue weighted by molar-refractivity contribution is 5.32. The highest BCUT2D eigenvalue weighted by Gasteiger charge is 2.34. The van der Waals surface area contributed by atoms with Gasteiger partial charge in [-0.3, -0.25) is 0 Å². The van der Waals surface area contributed by atoms with Gasteiger partial charge in [0.2, 0.25) is 0 Å². The lowest BCUT2D eigenvalue weighted by Crippen LogP contribution is -2.34. The normalized spacial score (nSPS) is 14.6. The molecule has 124 valence electrons. The third-order valence-electron chi connectivity index (χ3n) is 3.63. The monoisotopic (exact) mass is 326 g/mol. The Bertz CT molecular complexity index is 630. The SMILES string of the molecule is CC(C)C(O)(Cc1cncnc1)c1ccc(OC(F)(F)F)cc1.